The van der Waals surface area contributed by atoms with E-state index in [0.29, 0.717) is 30.6 Å². The fourth-order valence-corrected chi connectivity index (χ4v) is 2.52. The second-order valence-corrected chi connectivity index (χ2v) is 6.10. The average molecular weight is 326 g/mol. The Bertz CT molecular complexity index is 677. The Morgan fingerprint density at radius 3 is 2.33 bits per heavy atom. The molecule has 6 nitrogen and oxygen atoms in total. The number of hydrogen-bond donors (Lipinski definition) is 1. The van der Waals surface area contributed by atoms with Crippen LogP contribution < -0.4 is 10.2 Å². The van der Waals surface area contributed by atoms with Crippen LogP contribution in [0.15, 0.2) is 36.7 Å². The number of nitrogens with one attached hydrogen (secondary N) is 1. The van der Waals surface area contributed by atoms with Crippen LogP contribution in [0.2, 0.25) is 0 Å². The Morgan fingerprint density at radius 2 is 1.75 bits per heavy atom. The Labute approximate surface area is 141 Å². The summed E-state index contributed by atoms with van der Waals surface area (Å²) in [5.74, 6) is 0.896. The summed E-state index contributed by atoms with van der Waals surface area (Å²) < 4.78 is 5.31. The molecule has 0 bridgehead atoms. The molecule has 3 rings (SSSR count). The van der Waals surface area contributed by atoms with Crippen molar-refractivity contribution in [3.05, 3.63) is 47.8 Å². The van der Waals surface area contributed by atoms with Gasteiger partial charge in [-0.15, -0.1) is 0 Å². The van der Waals surface area contributed by atoms with E-state index in [-0.39, 0.29) is 5.91 Å². The number of hydrogen-bond acceptors (Lipinski definition) is 5. The molecule has 6 heteroatoms. The van der Waals surface area contributed by atoms with Crippen LogP contribution in [0.4, 0.5) is 11.6 Å². The number of aromatic nitrogens is 2. The molecule has 1 N–H and O–H groups in total. The molecule has 1 aromatic carbocycles. The van der Waals surface area contributed by atoms with Crippen LogP contribution in [-0.4, -0.2) is 42.2 Å². The van der Waals surface area contributed by atoms with Crippen LogP contribution in [0.25, 0.3) is 0 Å². The van der Waals surface area contributed by atoms with Crippen LogP contribution in [0, 0.1) is 0 Å². The zero-order valence-corrected chi connectivity index (χ0v) is 14.0. The first-order valence-corrected chi connectivity index (χ1v) is 8.19. The number of ether oxygens (including phenoxy) is 1. The molecule has 0 unspecified atom stereocenters. The van der Waals surface area contributed by atoms with Crippen molar-refractivity contribution in [3.8, 4) is 0 Å². The van der Waals surface area contributed by atoms with Gasteiger partial charge >= 0.3 is 0 Å². The number of morpholine rings is 1. The van der Waals surface area contributed by atoms with E-state index in [1.807, 2.05) is 24.3 Å². The molecular formula is C18H22N4O2. The second-order valence-electron chi connectivity index (χ2n) is 6.10. The summed E-state index contributed by atoms with van der Waals surface area (Å²) >= 11 is 0. The van der Waals surface area contributed by atoms with Gasteiger partial charge in [0.15, 0.2) is 0 Å². The van der Waals surface area contributed by atoms with Crippen molar-refractivity contribution in [2.75, 3.05) is 36.5 Å². The van der Waals surface area contributed by atoms with E-state index in [2.05, 4.69) is 34.0 Å². The molecule has 1 aromatic heterocycles. The molecule has 1 amide bonds. The predicted octanol–water partition coefficient (Wildman–Crippen LogP) is 2.69. The zero-order valence-electron chi connectivity index (χ0n) is 14.0. The summed E-state index contributed by atoms with van der Waals surface area (Å²) in [4.78, 5) is 22.9. The van der Waals surface area contributed by atoms with E-state index in [9.17, 15) is 4.79 Å². The average Bonchev–Trinajstić information content (AvgIpc) is 2.63. The van der Waals surface area contributed by atoms with Crippen LogP contribution >= 0.6 is 0 Å². The van der Waals surface area contributed by atoms with Gasteiger partial charge in [-0.25, -0.2) is 9.97 Å². The van der Waals surface area contributed by atoms with Gasteiger partial charge in [0.2, 0.25) is 5.95 Å². The highest BCUT2D eigenvalue weighted by Gasteiger charge is 2.15. The maximum atomic E-state index is 12.3. The normalized spacial score (nSPS) is 14.7. The van der Waals surface area contributed by atoms with Crippen molar-refractivity contribution in [3.63, 3.8) is 0 Å². The maximum absolute atomic E-state index is 12.3. The van der Waals surface area contributed by atoms with Crippen molar-refractivity contribution in [1.29, 1.82) is 0 Å². The number of anilines is 2. The number of nitrogens with zero attached hydrogens (tertiary/aromatic N) is 3. The summed E-state index contributed by atoms with van der Waals surface area (Å²) in [6.45, 7) is 7.18. The van der Waals surface area contributed by atoms with E-state index >= 15 is 0 Å². The minimum atomic E-state index is -0.208. The van der Waals surface area contributed by atoms with Gasteiger partial charge in [-0.05, 0) is 23.6 Å². The van der Waals surface area contributed by atoms with Gasteiger partial charge in [-0.3, -0.25) is 4.79 Å². The molecule has 2 heterocycles. The van der Waals surface area contributed by atoms with Gasteiger partial charge in [0.25, 0.3) is 5.91 Å². The summed E-state index contributed by atoms with van der Waals surface area (Å²) in [6, 6.07) is 7.88. The lowest BCUT2D eigenvalue weighted by molar-refractivity contribution is 0.102. The number of rotatable bonds is 4. The number of benzene rings is 1. The molecule has 0 atom stereocenters. The van der Waals surface area contributed by atoms with Gasteiger partial charge in [-0.1, -0.05) is 26.0 Å². The molecule has 0 saturated carbocycles. The second kappa shape index (κ2) is 7.40. The van der Waals surface area contributed by atoms with E-state index in [0.717, 1.165) is 18.8 Å². The van der Waals surface area contributed by atoms with Crippen molar-refractivity contribution in [2.24, 2.45) is 0 Å². The Hall–Kier alpha value is -2.47. The van der Waals surface area contributed by atoms with E-state index < -0.39 is 0 Å². The van der Waals surface area contributed by atoms with Crippen molar-refractivity contribution < 1.29 is 9.53 Å². The lowest BCUT2D eigenvalue weighted by Gasteiger charge is -2.26. The highest BCUT2D eigenvalue weighted by atomic mass is 16.5. The van der Waals surface area contributed by atoms with Crippen LogP contribution in [0.5, 0.6) is 0 Å². The summed E-state index contributed by atoms with van der Waals surface area (Å²) in [6.07, 6.45) is 3.13. The zero-order chi connectivity index (χ0) is 16.9. The van der Waals surface area contributed by atoms with Crippen LogP contribution in [0.1, 0.15) is 35.7 Å². The maximum Gasteiger partial charge on any atom is 0.258 e. The minimum Gasteiger partial charge on any atom is -0.378 e. The first-order chi connectivity index (χ1) is 11.6. The van der Waals surface area contributed by atoms with Crippen molar-refractivity contribution >= 4 is 17.5 Å². The highest BCUT2D eigenvalue weighted by molar-refractivity contribution is 6.03. The Morgan fingerprint density at radius 1 is 1.12 bits per heavy atom. The molecule has 1 saturated heterocycles. The Kier molecular flexibility index (Phi) is 5.05. The van der Waals surface area contributed by atoms with Crippen molar-refractivity contribution in [2.45, 2.75) is 19.8 Å². The van der Waals surface area contributed by atoms with E-state index in [1.165, 1.54) is 5.56 Å². The largest absolute Gasteiger partial charge is 0.378 e. The summed E-state index contributed by atoms with van der Waals surface area (Å²) in [5.41, 5.74) is 2.45. The molecule has 1 aliphatic rings. The number of amides is 1. The monoisotopic (exact) mass is 326 g/mol. The van der Waals surface area contributed by atoms with Crippen molar-refractivity contribution in [1.82, 2.24) is 9.97 Å². The first-order valence-electron chi connectivity index (χ1n) is 8.19. The molecule has 1 aliphatic heterocycles. The van der Waals surface area contributed by atoms with Crippen LogP contribution in [-0.2, 0) is 4.74 Å². The topological polar surface area (TPSA) is 67.4 Å². The molecule has 1 fully saturated rings. The fraction of sp³-hybridized carbons (Fsp3) is 0.389. The van der Waals surface area contributed by atoms with E-state index in [1.54, 1.807) is 12.4 Å². The lowest BCUT2D eigenvalue weighted by atomic mass is 10.0. The SMILES string of the molecule is CC(C)c1ccc(NC(=O)c2cnc(N3CCOCC3)nc2)cc1. The lowest BCUT2D eigenvalue weighted by Crippen LogP contribution is -2.37. The molecule has 0 radical (unpaired) electrons. The van der Waals surface area contributed by atoms with E-state index in [4.69, 9.17) is 4.74 Å². The van der Waals surface area contributed by atoms with Gasteiger partial charge in [0, 0.05) is 31.2 Å². The standard InChI is InChI=1S/C18H22N4O2/c1-13(2)14-3-5-16(6-4-14)21-17(23)15-11-19-18(20-12-15)22-7-9-24-10-8-22/h3-6,11-13H,7-10H2,1-2H3,(H,21,23). The first kappa shape index (κ1) is 16.4. The summed E-state index contributed by atoms with van der Waals surface area (Å²) in [5, 5.41) is 2.87. The molecule has 2 aromatic rings. The quantitative estimate of drug-likeness (QED) is 0.935. The smallest absolute Gasteiger partial charge is 0.258 e. The third kappa shape index (κ3) is 3.89. The number of carbonyl (C=O) groups excluding carboxylic acids is 1. The highest BCUT2D eigenvalue weighted by Crippen LogP contribution is 2.18. The third-order valence-electron chi connectivity index (χ3n) is 4.03. The minimum absolute atomic E-state index is 0.208. The molecule has 0 spiro atoms. The molecule has 0 aliphatic carbocycles. The van der Waals surface area contributed by atoms with Crippen LogP contribution in [0.3, 0.4) is 0 Å². The summed E-state index contributed by atoms with van der Waals surface area (Å²) in [7, 11) is 0. The Balaban J connectivity index is 1.64. The third-order valence-corrected chi connectivity index (χ3v) is 4.03. The molecular weight excluding hydrogens is 304 g/mol. The molecule has 126 valence electrons. The number of carbonyl (C=O) groups is 1. The van der Waals surface area contributed by atoms with Gasteiger partial charge in [-0.2, -0.15) is 0 Å². The molecule has 24 heavy (non-hydrogen) atoms. The van der Waals surface area contributed by atoms with Gasteiger partial charge < -0.3 is 15.0 Å². The van der Waals surface area contributed by atoms with Gasteiger partial charge in [0.05, 0.1) is 18.8 Å². The van der Waals surface area contributed by atoms with Gasteiger partial charge in [0.1, 0.15) is 0 Å². The fourth-order valence-electron chi connectivity index (χ4n) is 2.52. The predicted molar refractivity (Wildman–Crippen MR) is 93.5 cm³/mol.